The van der Waals surface area contributed by atoms with Gasteiger partial charge in [0.05, 0.1) is 19.7 Å². The first-order chi connectivity index (χ1) is 17.8. The molecular formula is C29H41N3O6. The number of methoxy groups -OCH3 is 1. The van der Waals surface area contributed by atoms with Crippen molar-refractivity contribution in [1.29, 1.82) is 0 Å². The minimum atomic E-state index is -1.63. The van der Waals surface area contributed by atoms with E-state index < -0.39 is 46.2 Å². The Hall–Kier alpha value is -2.78. The number of fused-ring (bicyclic) bond motifs is 1. The average Bonchev–Trinajstić information content (AvgIpc) is 3.36. The van der Waals surface area contributed by atoms with Gasteiger partial charge in [-0.2, -0.15) is 0 Å². The maximum atomic E-state index is 12.9. The Morgan fingerprint density at radius 2 is 1.97 bits per heavy atom. The van der Waals surface area contributed by atoms with Crippen LogP contribution < -0.4 is 15.0 Å². The zero-order valence-electron chi connectivity index (χ0n) is 23.5. The third-order valence-electron chi connectivity index (χ3n) is 9.13. The van der Waals surface area contributed by atoms with E-state index in [1.54, 1.807) is 27.9 Å². The van der Waals surface area contributed by atoms with Crippen molar-refractivity contribution in [3.63, 3.8) is 0 Å². The molecule has 1 saturated heterocycles. The molecule has 1 amide bonds. The molecule has 1 unspecified atom stereocenters. The fourth-order valence-corrected chi connectivity index (χ4v) is 8.17. The van der Waals surface area contributed by atoms with Crippen molar-refractivity contribution in [3.05, 3.63) is 35.9 Å². The van der Waals surface area contributed by atoms with Crippen LogP contribution in [0, 0.1) is 5.41 Å². The Morgan fingerprint density at radius 1 is 1.24 bits per heavy atom. The number of hydrogen-bond acceptors (Lipinski definition) is 8. The lowest BCUT2D eigenvalue weighted by Crippen LogP contribution is -2.81. The molecule has 0 bridgehead atoms. The van der Waals surface area contributed by atoms with Crippen LogP contribution in [0.25, 0.3) is 0 Å². The lowest BCUT2D eigenvalue weighted by Gasteiger charge is -2.64. The summed E-state index contributed by atoms with van der Waals surface area (Å²) >= 11 is 0. The summed E-state index contributed by atoms with van der Waals surface area (Å²) in [5.74, 6) is 0.270. The number of ether oxygens (including phenoxy) is 3. The lowest BCUT2D eigenvalue weighted by atomic mass is 9.47. The number of amides is 1. The van der Waals surface area contributed by atoms with E-state index in [4.69, 9.17) is 14.2 Å². The topological polar surface area (TPSA) is 101 Å². The number of nitrogens with zero attached hydrogens (tertiary/aromatic N) is 2. The molecule has 38 heavy (non-hydrogen) atoms. The van der Waals surface area contributed by atoms with E-state index in [9.17, 15) is 14.7 Å². The molecule has 9 heteroatoms. The van der Waals surface area contributed by atoms with Gasteiger partial charge >= 0.3 is 12.1 Å². The van der Waals surface area contributed by atoms with Crippen LogP contribution in [0.1, 0.15) is 53.0 Å². The SMILES string of the molecule is CC[C@]12C=CCN3CC[C@@]4(c5ccc(OC)cc5N(C)[C@H]4C(O)(CNC(=O)OC(C)(C)C)[C@@H]1OC(C)=O)[C@@H]32. The van der Waals surface area contributed by atoms with E-state index in [2.05, 4.69) is 40.3 Å². The fourth-order valence-electron chi connectivity index (χ4n) is 8.17. The largest absolute Gasteiger partial charge is 0.497 e. The van der Waals surface area contributed by atoms with Crippen molar-refractivity contribution >= 4 is 17.7 Å². The summed E-state index contributed by atoms with van der Waals surface area (Å²) in [6.07, 6.45) is 4.25. The van der Waals surface area contributed by atoms with Gasteiger partial charge in [-0.3, -0.25) is 9.69 Å². The monoisotopic (exact) mass is 527 g/mol. The van der Waals surface area contributed by atoms with Crippen LogP contribution in [0.2, 0.25) is 0 Å². The number of likely N-dealkylation sites (N-methyl/N-ethyl adjacent to an activating group) is 1. The second-order valence-electron chi connectivity index (χ2n) is 12.3. The number of benzene rings is 1. The smallest absolute Gasteiger partial charge is 0.407 e. The van der Waals surface area contributed by atoms with E-state index in [-0.39, 0.29) is 12.6 Å². The summed E-state index contributed by atoms with van der Waals surface area (Å²) < 4.78 is 17.2. The first-order valence-corrected chi connectivity index (χ1v) is 13.5. The van der Waals surface area contributed by atoms with Gasteiger partial charge in [-0.05, 0) is 51.8 Å². The zero-order chi connectivity index (χ0) is 27.7. The van der Waals surface area contributed by atoms with Crippen molar-refractivity contribution in [2.75, 3.05) is 38.7 Å². The fraction of sp³-hybridized carbons (Fsp3) is 0.655. The summed E-state index contributed by atoms with van der Waals surface area (Å²) in [4.78, 5) is 30.0. The number of hydrogen-bond donors (Lipinski definition) is 2. The van der Waals surface area contributed by atoms with E-state index in [0.717, 1.165) is 36.5 Å². The molecule has 9 nitrogen and oxygen atoms in total. The highest BCUT2D eigenvalue weighted by Crippen LogP contribution is 2.67. The number of carbonyl (C=O) groups is 2. The molecule has 208 valence electrons. The van der Waals surface area contributed by atoms with Gasteiger partial charge in [0.25, 0.3) is 0 Å². The predicted molar refractivity (Wildman–Crippen MR) is 143 cm³/mol. The van der Waals surface area contributed by atoms with Crippen LogP contribution in [0.4, 0.5) is 10.5 Å². The molecule has 3 aliphatic heterocycles. The third kappa shape index (κ3) is 3.65. The first-order valence-electron chi connectivity index (χ1n) is 13.5. The van der Waals surface area contributed by atoms with Crippen LogP contribution in [0.3, 0.4) is 0 Å². The first kappa shape index (κ1) is 26.8. The van der Waals surface area contributed by atoms with Gasteiger partial charge in [-0.1, -0.05) is 25.1 Å². The van der Waals surface area contributed by atoms with Crippen molar-refractivity contribution < 1.29 is 28.9 Å². The third-order valence-corrected chi connectivity index (χ3v) is 9.13. The molecule has 1 aliphatic carbocycles. The Labute approximate surface area is 225 Å². The minimum Gasteiger partial charge on any atom is -0.497 e. The number of anilines is 1. The Kier molecular flexibility index (Phi) is 6.26. The van der Waals surface area contributed by atoms with Crippen molar-refractivity contribution in [1.82, 2.24) is 10.2 Å². The molecule has 0 aromatic heterocycles. The van der Waals surface area contributed by atoms with Gasteiger partial charge < -0.3 is 29.5 Å². The van der Waals surface area contributed by atoms with Crippen LogP contribution in [0.15, 0.2) is 30.4 Å². The summed E-state index contributed by atoms with van der Waals surface area (Å²) in [5.41, 5.74) is -1.31. The van der Waals surface area contributed by atoms with Crippen LogP contribution in [-0.4, -0.2) is 85.3 Å². The summed E-state index contributed by atoms with van der Waals surface area (Å²) in [5, 5.41) is 15.8. The van der Waals surface area contributed by atoms with Gasteiger partial charge in [0.2, 0.25) is 0 Å². The zero-order valence-corrected chi connectivity index (χ0v) is 23.5. The Bertz CT molecular complexity index is 1160. The minimum absolute atomic E-state index is 0.00162. The molecule has 3 heterocycles. The molecule has 2 N–H and O–H groups in total. The second-order valence-corrected chi connectivity index (χ2v) is 12.3. The molecule has 5 rings (SSSR count). The van der Waals surface area contributed by atoms with Gasteiger partial charge in [0, 0.05) is 49.1 Å². The number of aliphatic hydroxyl groups is 1. The maximum absolute atomic E-state index is 12.9. The van der Waals surface area contributed by atoms with Gasteiger partial charge in [-0.15, -0.1) is 0 Å². The molecular weight excluding hydrogens is 486 g/mol. The van der Waals surface area contributed by atoms with Crippen LogP contribution in [-0.2, 0) is 19.7 Å². The number of alkyl carbamates (subject to hydrolysis) is 1. The highest BCUT2D eigenvalue weighted by atomic mass is 16.6. The lowest BCUT2D eigenvalue weighted by molar-refractivity contribution is -0.217. The molecule has 1 spiro atoms. The summed E-state index contributed by atoms with van der Waals surface area (Å²) in [6, 6.07) is 5.64. The number of nitrogens with one attached hydrogen (secondary N) is 1. The molecule has 0 radical (unpaired) electrons. The molecule has 1 aromatic rings. The Morgan fingerprint density at radius 3 is 2.61 bits per heavy atom. The second kappa shape index (κ2) is 8.88. The van der Waals surface area contributed by atoms with E-state index in [1.807, 2.05) is 19.2 Å². The molecule has 4 aliphatic rings. The standard InChI is InChI=1S/C29H41N3O6/c1-8-27-12-9-14-32-15-13-28(22(27)32)20-11-10-19(36-7)16-21(20)31(6)23(28)29(35,24(27)37-18(2)33)17-30-25(34)38-26(3,4)5/h9-12,16,22-24,35H,8,13-15,17H2,1-7H3,(H,30,34)/t22-,23+,24+,27+,28+,29?/m0/s1. The van der Waals surface area contributed by atoms with Gasteiger partial charge in [0.15, 0.2) is 0 Å². The Balaban J connectivity index is 1.72. The quantitative estimate of drug-likeness (QED) is 0.445. The van der Waals surface area contributed by atoms with E-state index >= 15 is 0 Å². The maximum Gasteiger partial charge on any atom is 0.407 e. The van der Waals surface area contributed by atoms with Crippen LogP contribution >= 0.6 is 0 Å². The molecule has 1 saturated carbocycles. The number of esters is 1. The molecule has 6 atom stereocenters. The average molecular weight is 528 g/mol. The van der Waals surface area contributed by atoms with Crippen molar-refractivity contribution in [3.8, 4) is 5.75 Å². The van der Waals surface area contributed by atoms with Crippen molar-refractivity contribution in [2.45, 2.75) is 82.3 Å². The van der Waals surface area contributed by atoms with Crippen molar-refractivity contribution in [2.24, 2.45) is 5.41 Å². The highest BCUT2D eigenvalue weighted by molar-refractivity contribution is 5.72. The predicted octanol–water partition coefficient (Wildman–Crippen LogP) is 2.99. The normalized spacial score (nSPS) is 35.3. The van der Waals surface area contributed by atoms with Gasteiger partial charge in [0.1, 0.15) is 23.1 Å². The van der Waals surface area contributed by atoms with Crippen LogP contribution in [0.5, 0.6) is 5.75 Å². The number of rotatable bonds is 5. The van der Waals surface area contributed by atoms with E-state index in [0.29, 0.717) is 6.42 Å². The molecule has 2 fully saturated rings. The summed E-state index contributed by atoms with van der Waals surface area (Å²) in [7, 11) is 3.62. The highest BCUT2D eigenvalue weighted by Gasteiger charge is 2.77. The van der Waals surface area contributed by atoms with E-state index in [1.165, 1.54) is 6.92 Å². The molecule has 1 aromatic carbocycles. The number of carbonyl (C=O) groups excluding carboxylic acids is 2. The summed E-state index contributed by atoms with van der Waals surface area (Å²) in [6.45, 7) is 10.4. The van der Waals surface area contributed by atoms with Gasteiger partial charge in [-0.25, -0.2) is 4.79 Å².